The molecule has 1 aromatic carbocycles. The monoisotopic (exact) mass is 297 g/mol. The van der Waals surface area contributed by atoms with Crippen molar-refractivity contribution in [2.24, 2.45) is 0 Å². The molecule has 2 aromatic rings. The van der Waals surface area contributed by atoms with Gasteiger partial charge >= 0.3 is 0 Å². The van der Waals surface area contributed by atoms with Gasteiger partial charge in [0, 0.05) is 31.7 Å². The third-order valence-corrected chi connectivity index (χ3v) is 3.72. The van der Waals surface area contributed by atoms with Crippen LogP contribution in [0.5, 0.6) is 0 Å². The van der Waals surface area contributed by atoms with Crippen molar-refractivity contribution in [3.05, 3.63) is 48.3 Å². The largest absolute Gasteiger partial charge is 0.338 e. The minimum Gasteiger partial charge on any atom is -0.338 e. The summed E-state index contributed by atoms with van der Waals surface area (Å²) >= 11 is 0. The molecule has 0 bridgehead atoms. The van der Waals surface area contributed by atoms with E-state index in [4.69, 9.17) is 0 Å². The third-order valence-electron chi connectivity index (χ3n) is 3.72. The summed E-state index contributed by atoms with van der Waals surface area (Å²) in [6.07, 6.45) is 3.31. The van der Waals surface area contributed by atoms with E-state index in [-0.39, 0.29) is 5.91 Å². The number of nitrogens with zero attached hydrogens (tertiary/aromatic N) is 4. The Bertz CT molecular complexity index is 621. The fraction of sp³-hybridized carbons (Fsp3) is 0.312. The molecule has 0 atom stereocenters. The summed E-state index contributed by atoms with van der Waals surface area (Å²) < 4.78 is 0. The van der Waals surface area contributed by atoms with Gasteiger partial charge in [0.2, 0.25) is 5.95 Å². The van der Waals surface area contributed by atoms with Crippen LogP contribution < -0.4 is 10.2 Å². The molecule has 1 fully saturated rings. The number of aromatic nitrogens is 2. The molecule has 1 saturated heterocycles. The van der Waals surface area contributed by atoms with Gasteiger partial charge in [0.05, 0.1) is 18.1 Å². The number of rotatable bonds is 3. The number of likely N-dealkylation sites (N-methyl/N-ethyl adjacent to an activating group) is 1. The quantitative estimate of drug-likeness (QED) is 0.930. The Morgan fingerprint density at radius 1 is 1.05 bits per heavy atom. The molecular formula is C16H19N5O. The lowest BCUT2D eigenvalue weighted by Crippen LogP contribution is -2.45. The summed E-state index contributed by atoms with van der Waals surface area (Å²) in [6.45, 7) is 3.87. The van der Waals surface area contributed by atoms with Crippen molar-refractivity contribution in [3.63, 3.8) is 0 Å². The number of amides is 1. The van der Waals surface area contributed by atoms with Crippen LogP contribution in [0.3, 0.4) is 0 Å². The third kappa shape index (κ3) is 3.40. The van der Waals surface area contributed by atoms with Crippen LogP contribution in [0.25, 0.3) is 0 Å². The van der Waals surface area contributed by atoms with Gasteiger partial charge < -0.3 is 15.1 Å². The molecule has 1 amide bonds. The molecule has 2 heterocycles. The number of carbonyl (C=O) groups excluding carboxylic acids is 1. The molecule has 1 aliphatic rings. The van der Waals surface area contributed by atoms with Crippen molar-refractivity contribution in [1.29, 1.82) is 0 Å². The number of carbonyl (C=O) groups is 1. The zero-order chi connectivity index (χ0) is 15.4. The van der Waals surface area contributed by atoms with E-state index >= 15 is 0 Å². The van der Waals surface area contributed by atoms with E-state index in [0.29, 0.717) is 17.2 Å². The summed E-state index contributed by atoms with van der Waals surface area (Å²) in [4.78, 5) is 25.2. The van der Waals surface area contributed by atoms with Crippen LogP contribution in [-0.4, -0.2) is 54.0 Å². The molecule has 1 aromatic heterocycles. The maximum atomic E-state index is 12.1. The molecular weight excluding hydrogens is 278 g/mol. The second-order valence-electron chi connectivity index (χ2n) is 5.38. The standard InChI is InChI=1S/C16H19N5O/c1-20-7-9-21(10-8-20)16-17-11-14(12-18-16)19-15(22)13-5-3-2-4-6-13/h2-6,11-12H,7-10H2,1H3,(H,19,22). The summed E-state index contributed by atoms with van der Waals surface area (Å²) in [5.74, 6) is 0.558. The van der Waals surface area contributed by atoms with E-state index in [9.17, 15) is 4.79 Å². The number of nitrogens with one attached hydrogen (secondary N) is 1. The van der Waals surface area contributed by atoms with Gasteiger partial charge in [-0.1, -0.05) is 18.2 Å². The van der Waals surface area contributed by atoms with E-state index in [1.807, 2.05) is 18.2 Å². The van der Waals surface area contributed by atoms with Gasteiger partial charge in [0.1, 0.15) is 0 Å². The predicted molar refractivity (Wildman–Crippen MR) is 86.1 cm³/mol. The average molecular weight is 297 g/mol. The van der Waals surface area contributed by atoms with Crippen LogP contribution in [0, 0.1) is 0 Å². The second kappa shape index (κ2) is 6.53. The summed E-state index contributed by atoms with van der Waals surface area (Å²) in [5, 5.41) is 2.80. The molecule has 0 aliphatic carbocycles. The van der Waals surface area contributed by atoms with Gasteiger partial charge in [-0.2, -0.15) is 0 Å². The molecule has 114 valence electrons. The highest BCUT2D eigenvalue weighted by Crippen LogP contribution is 2.13. The Morgan fingerprint density at radius 2 is 1.68 bits per heavy atom. The summed E-state index contributed by atoms with van der Waals surface area (Å²) in [6, 6.07) is 9.10. The molecule has 6 nitrogen and oxygen atoms in total. The molecule has 0 saturated carbocycles. The smallest absolute Gasteiger partial charge is 0.255 e. The first-order valence-corrected chi connectivity index (χ1v) is 7.34. The first-order valence-electron chi connectivity index (χ1n) is 7.34. The fourth-order valence-electron chi connectivity index (χ4n) is 2.35. The SMILES string of the molecule is CN1CCN(c2ncc(NC(=O)c3ccccc3)cn2)CC1. The van der Waals surface area contributed by atoms with E-state index < -0.39 is 0 Å². The highest BCUT2D eigenvalue weighted by molar-refractivity contribution is 6.04. The number of hydrogen-bond donors (Lipinski definition) is 1. The summed E-state index contributed by atoms with van der Waals surface area (Å²) in [7, 11) is 2.11. The molecule has 0 radical (unpaired) electrons. The highest BCUT2D eigenvalue weighted by atomic mass is 16.1. The van der Waals surface area contributed by atoms with Crippen LogP contribution in [-0.2, 0) is 0 Å². The van der Waals surface area contributed by atoms with Gasteiger partial charge in [0.25, 0.3) is 5.91 Å². The topological polar surface area (TPSA) is 61.4 Å². The van der Waals surface area contributed by atoms with Crippen LogP contribution in [0.4, 0.5) is 11.6 Å². The zero-order valence-corrected chi connectivity index (χ0v) is 12.6. The number of anilines is 2. The number of piperazine rings is 1. The minimum atomic E-state index is -0.156. The van der Waals surface area contributed by atoms with Gasteiger partial charge in [-0.25, -0.2) is 9.97 Å². The molecule has 1 N–H and O–H groups in total. The lowest BCUT2D eigenvalue weighted by atomic mass is 10.2. The van der Waals surface area contributed by atoms with Crippen molar-refractivity contribution in [2.45, 2.75) is 0 Å². The Labute approximate surface area is 129 Å². The van der Waals surface area contributed by atoms with Crippen molar-refractivity contribution in [3.8, 4) is 0 Å². The van der Waals surface area contributed by atoms with E-state index in [1.165, 1.54) is 0 Å². The molecule has 6 heteroatoms. The van der Waals surface area contributed by atoms with E-state index in [0.717, 1.165) is 26.2 Å². The zero-order valence-electron chi connectivity index (χ0n) is 12.6. The maximum Gasteiger partial charge on any atom is 0.255 e. The predicted octanol–water partition coefficient (Wildman–Crippen LogP) is 1.48. The van der Waals surface area contributed by atoms with E-state index in [1.54, 1.807) is 24.5 Å². The van der Waals surface area contributed by atoms with Crippen LogP contribution in [0.1, 0.15) is 10.4 Å². The van der Waals surface area contributed by atoms with Crippen molar-refractivity contribution >= 4 is 17.5 Å². The molecule has 0 unspecified atom stereocenters. The molecule has 1 aliphatic heterocycles. The minimum absolute atomic E-state index is 0.156. The van der Waals surface area contributed by atoms with Crippen molar-refractivity contribution < 1.29 is 4.79 Å². The first-order chi connectivity index (χ1) is 10.7. The molecule has 3 rings (SSSR count). The Kier molecular flexibility index (Phi) is 4.29. The summed E-state index contributed by atoms with van der Waals surface area (Å²) in [5.41, 5.74) is 1.22. The first kappa shape index (κ1) is 14.5. The van der Waals surface area contributed by atoms with Crippen molar-refractivity contribution in [2.75, 3.05) is 43.4 Å². The lowest BCUT2D eigenvalue weighted by Gasteiger charge is -2.32. The fourth-order valence-corrected chi connectivity index (χ4v) is 2.35. The lowest BCUT2D eigenvalue weighted by molar-refractivity contribution is 0.102. The maximum absolute atomic E-state index is 12.1. The normalized spacial score (nSPS) is 15.6. The van der Waals surface area contributed by atoms with Gasteiger partial charge in [-0.3, -0.25) is 4.79 Å². The van der Waals surface area contributed by atoms with Crippen LogP contribution in [0.2, 0.25) is 0 Å². The number of benzene rings is 1. The molecule has 22 heavy (non-hydrogen) atoms. The van der Waals surface area contributed by atoms with Crippen LogP contribution in [0.15, 0.2) is 42.7 Å². The second-order valence-corrected chi connectivity index (χ2v) is 5.38. The van der Waals surface area contributed by atoms with Gasteiger partial charge in [0.15, 0.2) is 0 Å². The Hall–Kier alpha value is -2.47. The highest BCUT2D eigenvalue weighted by Gasteiger charge is 2.16. The average Bonchev–Trinajstić information content (AvgIpc) is 2.57. The van der Waals surface area contributed by atoms with E-state index in [2.05, 4.69) is 32.1 Å². The van der Waals surface area contributed by atoms with Crippen LogP contribution >= 0.6 is 0 Å². The van der Waals surface area contributed by atoms with Crippen molar-refractivity contribution in [1.82, 2.24) is 14.9 Å². The Balaban J connectivity index is 1.63. The van der Waals surface area contributed by atoms with Gasteiger partial charge in [-0.15, -0.1) is 0 Å². The van der Waals surface area contributed by atoms with Gasteiger partial charge in [-0.05, 0) is 19.2 Å². The Morgan fingerprint density at radius 3 is 2.32 bits per heavy atom. The molecule has 0 spiro atoms. The number of hydrogen-bond acceptors (Lipinski definition) is 5.